The molecule has 0 atom stereocenters. The molecule has 0 radical (unpaired) electrons. The number of rotatable bonds is 11. The van der Waals surface area contributed by atoms with Crippen molar-refractivity contribution in [3.8, 4) is 0 Å². The molecule has 0 saturated carbocycles. The summed E-state index contributed by atoms with van der Waals surface area (Å²) in [5.41, 5.74) is 0. The van der Waals surface area contributed by atoms with Crippen LogP contribution in [-0.4, -0.2) is 0 Å². The van der Waals surface area contributed by atoms with Crippen molar-refractivity contribution in [2.45, 2.75) is 85.0 Å². The Kier molecular flexibility index (Phi) is 12.6. The van der Waals surface area contributed by atoms with Crippen LogP contribution < -0.4 is 0 Å². The lowest BCUT2D eigenvalue weighted by molar-refractivity contribution is 0.507. The van der Waals surface area contributed by atoms with Crippen LogP contribution in [0, 0.1) is 5.92 Å². The van der Waals surface area contributed by atoms with Gasteiger partial charge < -0.3 is 0 Å². The quantitative estimate of drug-likeness (QED) is 0.293. The summed E-state index contributed by atoms with van der Waals surface area (Å²) in [6.45, 7) is 6.76. The summed E-state index contributed by atoms with van der Waals surface area (Å²) in [6.07, 6.45) is 18.7. The summed E-state index contributed by atoms with van der Waals surface area (Å²) in [7, 11) is 0. The van der Waals surface area contributed by atoms with E-state index in [9.17, 15) is 0 Å². The molecule has 0 aliphatic carbocycles. The Bertz CT molecular complexity index is 144. The van der Waals surface area contributed by atoms with Crippen molar-refractivity contribution < 1.29 is 0 Å². The highest BCUT2D eigenvalue weighted by Gasteiger charge is 1.94. The Labute approximate surface area is 104 Å². The molecule has 0 bridgehead atoms. The van der Waals surface area contributed by atoms with Gasteiger partial charge in [0.15, 0.2) is 0 Å². The van der Waals surface area contributed by atoms with Gasteiger partial charge in [0.1, 0.15) is 0 Å². The van der Waals surface area contributed by atoms with E-state index in [1.54, 1.807) is 0 Å². The number of unbranched alkanes of at least 4 members (excludes halogenated alkanes) is 8. The van der Waals surface area contributed by atoms with Gasteiger partial charge in [0.05, 0.1) is 0 Å². The minimum absolute atomic E-state index is 0.895. The van der Waals surface area contributed by atoms with Crippen LogP contribution in [0.25, 0.3) is 0 Å². The average Bonchev–Trinajstić information content (AvgIpc) is 2.25. The zero-order valence-corrected chi connectivity index (χ0v) is 11.8. The minimum atomic E-state index is 0.895. The fourth-order valence-corrected chi connectivity index (χ4v) is 2.04. The second kappa shape index (κ2) is 12.8. The first-order chi connectivity index (χ1) is 7.77. The van der Waals surface area contributed by atoms with E-state index in [0.717, 1.165) is 5.92 Å². The first-order valence-corrected chi connectivity index (χ1v) is 7.38. The molecule has 0 spiro atoms. The van der Waals surface area contributed by atoms with E-state index >= 15 is 0 Å². The highest BCUT2D eigenvalue weighted by atomic mass is 14.0. The third-order valence-electron chi connectivity index (χ3n) is 3.14. The van der Waals surface area contributed by atoms with Crippen molar-refractivity contribution in [1.29, 1.82) is 0 Å². The third-order valence-corrected chi connectivity index (χ3v) is 3.14. The van der Waals surface area contributed by atoms with Crippen LogP contribution in [-0.2, 0) is 0 Å². The van der Waals surface area contributed by atoms with Gasteiger partial charge in [0.2, 0.25) is 0 Å². The molecule has 0 heterocycles. The van der Waals surface area contributed by atoms with Gasteiger partial charge in [-0.25, -0.2) is 0 Å². The van der Waals surface area contributed by atoms with Gasteiger partial charge in [-0.15, -0.1) is 0 Å². The van der Waals surface area contributed by atoms with Gasteiger partial charge in [-0.3, -0.25) is 0 Å². The summed E-state index contributed by atoms with van der Waals surface area (Å²) >= 11 is 0. The lowest BCUT2D eigenvalue weighted by atomic mass is 10.0. The molecular formula is C16H32. The predicted molar refractivity (Wildman–Crippen MR) is 75.8 cm³/mol. The lowest BCUT2D eigenvalue weighted by Crippen LogP contribution is -1.87. The maximum absolute atomic E-state index is 2.32. The first kappa shape index (κ1) is 15.7. The van der Waals surface area contributed by atoms with Crippen molar-refractivity contribution in [3.05, 3.63) is 12.2 Å². The molecule has 0 heteroatoms. The fraction of sp³-hybridized carbons (Fsp3) is 0.875. The first-order valence-electron chi connectivity index (χ1n) is 7.38. The minimum Gasteiger partial charge on any atom is -0.0917 e. The van der Waals surface area contributed by atoms with Crippen molar-refractivity contribution in [2.75, 3.05) is 0 Å². The van der Waals surface area contributed by atoms with Gasteiger partial charge in [0, 0.05) is 0 Å². The molecule has 0 fully saturated rings. The van der Waals surface area contributed by atoms with Crippen molar-refractivity contribution in [3.63, 3.8) is 0 Å². The topological polar surface area (TPSA) is 0 Å². The van der Waals surface area contributed by atoms with Crippen molar-refractivity contribution in [2.24, 2.45) is 5.92 Å². The highest BCUT2D eigenvalue weighted by molar-refractivity contribution is 4.76. The Morgan fingerprint density at radius 3 is 1.75 bits per heavy atom. The molecule has 0 rings (SSSR count). The highest BCUT2D eigenvalue weighted by Crippen LogP contribution is 2.12. The van der Waals surface area contributed by atoms with Crippen LogP contribution in [0.4, 0.5) is 0 Å². The zero-order chi connectivity index (χ0) is 12.1. The van der Waals surface area contributed by atoms with E-state index in [-0.39, 0.29) is 0 Å². The van der Waals surface area contributed by atoms with Crippen molar-refractivity contribution in [1.82, 2.24) is 0 Å². The molecule has 96 valence electrons. The number of hydrogen-bond donors (Lipinski definition) is 0. The second-order valence-electron chi connectivity index (χ2n) is 5.37. The van der Waals surface area contributed by atoms with Gasteiger partial charge in [0.25, 0.3) is 0 Å². The van der Waals surface area contributed by atoms with Crippen LogP contribution in [0.1, 0.15) is 85.0 Å². The molecule has 0 aliphatic heterocycles. The molecule has 16 heavy (non-hydrogen) atoms. The summed E-state index contributed by atoms with van der Waals surface area (Å²) in [4.78, 5) is 0. The molecule has 0 amide bonds. The molecular weight excluding hydrogens is 192 g/mol. The normalized spacial score (nSPS) is 11.8. The largest absolute Gasteiger partial charge is 0.0917 e. The lowest BCUT2D eigenvalue weighted by Gasteiger charge is -2.04. The van der Waals surface area contributed by atoms with E-state index in [4.69, 9.17) is 0 Å². The SMILES string of the molecule is CC=CCCCCCCCCCCC(C)C. The van der Waals surface area contributed by atoms with Gasteiger partial charge in [-0.05, 0) is 25.7 Å². The molecule has 0 saturated heterocycles. The van der Waals surface area contributed by atoms with Crippen molar-refractivity contribution >= 4 is 0 Å². The van der Waals surface area contributed by atoms with Crippen LogP contribution in [0.15, 0.2) is 12.2 Å². The van der Waals surface area contributed by atoms with E-state index < -0.39 is 0 Å². The monoisotopic (exact) mass is 224 g/mol. The van der Waals surface area contributed by atoms with Crippen LogP contribution in [0.2, 0.25) is 0 Å². The second-order valence-corrected chi connectivity index (χ2v) is 5.37. The summed E-state index contributed by atoms with van der Waals surface area (Å²) < 4.78 is 0. The van der Waals surface area contributed by atoms with E-state index in [0.29, 0.717) is 0 Å². The number of allylic oxidation sites excluding steroid dienone is 2. The predicted octanol–water partition coefficient (Wildman–Crippen LogP) is 6.12. The average molecular weight is 224 g/mol. The van der Waals surface area contributed by atoms with E-state index in [1.165, 1.54) is 64.2 Å². The molecule has 0 N–H and O–H groups in total. The van der Waals surface area contributed by atoms with E-state index in [1.807, 2.05) is 0 Å². The molecule has 0 aromatic carbocycles. The summed E-state index contributed by atoms with van der Waals surface area (Å²) in [5, 5.41) is 0. The maximum Gasteiger partial charge on any atom is -0.0351 e. The third kappa shape index (κ3) is 13.7. The molecule has 0 aromatic heterocycles. The van der Waals surface area contributed by atoms with Gasteiger partial charge in [-0.1, -0.05) is 77.4 Å². The molecule has 0 unspecified atom stereocenters. The fourth-order valence-electron chi connectivity index (χ4n) is 2.04. The van der Waals surface area contributed by atoms with Gasteiger partial charge in [-0.2, -0.15) is 0 Å². The smallest absolute Gasteiger partial charge is 0.0351 e. The van der Waals surface area contributed by atoms with Gasteiger partial charge >= 0.3 is 0 Å². The maximum atomic E-state index is 2.32. The molecule has 0 aliphatic rings. The Hall–Kier alpha value is -0.260. The Morgan fingerprint density at radius 2 is 1.25 bits per heavy atom. The summed E-state index contributed by atoms with van der Waals surface area (Å²) in [6, 6.07) is 0. The van der Waals surface area contributed by atoms with Crippen LogP contribution in [0.3, 0.4) is 0 Å². The van der Waals surface area contributed by atoms with E-state index in [2.05, 4.69) is 32.9 Å². The summed E-state index contributed by atoms with van der Waals surface area (Å²) in [5.74, 6) is 0.895. The van der Waals surface area contributed by atoms with Crippen LogP contribution >= 0.6 is 0 Å². The zero-order valence-electron chi connectivity index (χ0n) is 11.8. The Morgan fingerprint density at radius 1 is 0.750 bits per heavy atom. The van der Waals surface area contributed by atoms with Crippen LogP contribution in [0.5, 0.6) is 0 Å². The Balaban J connectivity index is 2.93. The standard InChI is InChI=1S/C16H32/c1-4-5-6-7-8-9-10-11-12-13-14-15-16(2)3/h4-5,16H,6-15H2,1-3H3. The number of hydrogen-bond acceptors (Lipinski definition) is 0. The molecule has 0 nitrogen and oxygen atoms in total. The molecule has 0 aromatic rings.